The smallest absolute Gasteiger partial charge is 0.294 e. The first-order chi connectivity index (χ1) is 15.3. The number of hydrogen-bond acceptors (Lipinski definition) is 7. The number of furan rings is 1. The van der Waals surface area contributed by atoms with Gasteiger partial charge in [0, 0.05) is 36.9 Å². The largest absolute Gasteiger partial charge is 0.457 e. The number of amides is 3. The predicted molar refractivity (Wildman–Crippen MR) is 119 cm³/mol. The van der Waals surface area contributed by atoms with E-state index >= 15 is 0 Å². The third kappa shape index (κ3) is 4.45. The van der Waals surface area contributed by atoms with Gasteiger partial charge < -0.3 is 9.32 Å². The van der Waals surface area contributed by atoms with Crippen LogP contribution in [0.1, 0.15) is 30.6 Å². The molecule has 3 amide bonds. The minimum atomic E-state index is -0.519. The molecule has 0 saturated carbocycles. The lowest BCUT2D eigenvalue weighted by Gasteiger charge is -2.27. The number of nitro groups is 1. The SMILES string of the molecule is Cc1cc([N+](=O)[O-])ccc1-c1ccc(/C=C2\SC(=O)N(CC(=O)N3CCCCC3)C2=O)o1. The molecule has 0 N–H and O–H groups in total. The van der Waals surface area contributed by atoms with Gasteiger partial charge >= 0.3 is 0 Å². The number of rotatable bonds is 5. The number of nitrogens with zero attached hydrogens (tertiary/aromatic N) is 3. The van der Waals surface area contributed by atoms with Gasteiger partial charge in [-0.2, -0.15) is 0 Å². The molecular formula is C22H21N3O6S. The number of thioether (sulfide) groups is 1. The number of hydrogen-bond donors (Lipinski definition) is 0. The summed E-state index contributed by atoms with van der Waals surface area (Å²) < 4.78 is 5.79. The Morgan fingerprint density at radius 2 is 1.94 bits per heavy atom. The van der Waals surface area contributed by atoms with Crippen molar-refractivity contribution >= 4 is 40.6 Å². The monoisotopic (exact) mass is 455 g/mol. The number of nitro benzene ring substituents is 1. The molecule has 2 aromatic rings. The fraction of sp³-hybridized carbons (Fsp3) is 0.318. The molecule has 10 heteroatoms. The Labute approximate surface area is 188 Å². The molecule has 0 radical (unpaired) electrons. The van der Waals surface area contributed by atoms with Gasteiger partial charge in [-0.25, -0.2) is 0 Å². The van der Waals surface area contributed by atoms with Crippen LogP contribution in [-0.4, -0.2) is 51.4 Å². The molecule has 4 rings (SSSR count). The fourth-order valence-corrected chi connectivity index (χ4v) is 4.58. The molecule has 32 heavy (non-hydrogen) atoms. The van der Waals surface area contributed by atoms with Crippen molar-refractivity contribution in [2.24, 2.45) is 0 Å². The second-order valence-corrected chi connectivity index (χ2v) is 8.66. The summed E-state index contributed by atoms with van der Waals surface area (Å²) in [7, 11) is 0. The molecule has 0 atom stereocenters. The van der Waals surface area contributed by atoms with E-state index in [1.54, 1.807) is 30.0 Å². The van der Waals surface area contributed by atoms with Crippen LogP contribution in [0, 0.1) is 17.0 Å². The van der Waals surface area contributed by atoms with Crippen LogP contribution in [0.5, 0.6) is 0 Å². The molecule has 9 nitrogen and oxygen atoms in total. The van der Waals surface area contributed by atoms with E-state index in [1.807, 2.05) is 0 Å². The number of carbonyl (C=O) groups excluding carboxylic acids is 3. The van der Waals surface area contributed by atoms with Crippen LogP contribution in [0.2, 0.25) is 0 Å². The van der Waals surface area contributed by atoms with Crippen LogP contribution in [0.15, 0.2) is 39.7 Å². The van der Waals surface area contributed by atoms with Gasteiger partial charge in [0.1, 0.15) is 18.1 Å². The van der Waals surface area contributed by atoms with Crippen LogP contribution >= 0.6 is 11.8 Å². The van der Waals surface area contributed by atoms with E-state index < -0.39 is 16.1 Å². The molecule has 0 unspecified atom stereocenters. The van der Waals surface area contributed by atoms with Crippen LogP contribution in [0.4, 0.5) is 10.5 Å². The maximum Gasteiger partial charge on any atom is 0.294 e. The Bertz CT molecular complexity index is 1130. The zero-order chi connectivity index (χ0) is 22.8. The number of carbonyl (C=O) groups is 3. The van der Waals surface area contributed by atoms with Crippen LogP contribution in [-0.2, 0) is 9.59 Å². The van der Waals surface area contributed by atoms with Crippen molar-refractivity contribution in [1.29, 1.82) is 0 Å². The summed E-state index contributed by atoms with van der Waals surface area (Å²) in [5, 5.41) is 10.4. The van der Waals surface area contributed by atoms with Crippen molar-refractivity contribution in [3.8, 4) is 11.3 Å². The number of imide groups is 1. The third-order valence-electron chi connectivity index (χ3n) is 5.46. The summed E-state index contributed by atoms with van der Waals surface area (Å²) in [6, 6.07) is 7.82. The molecule has 166 valence electrons. The zero-order valence-corrected chi connectivity index (χ0v) is 18.2. The van der Waals surface area contributed by atoms with Gasteiger partial charge in [0.25, 0.3) is 16.8 Å². The average Bonchev–Trinajstić information content (AvgIpc) is 3.34. The van der Waals surface area contributed by atoms with E-state index in [4.69, 9.17) is 4.42 Å². The first kappa shape index (κ1) is 21.8. The topological polar surface area (TPSA) is 114 Å². The molecule has 3 heterocycles. The van der Waals surface area contributed by atoms with E-state index in [2.05, 4.69) is 0 Å². The summed E-state index contributed by atoms with van der Waals surface area (Å²) in [4.78, 5) is 50.8. The Balaban J connectivity index is 1.48. The molecule has 2 fully saturated rings. The molecule has 0 spiro atoms. The second kappa shape index (κ2) is 8.99. The first-order valence-electron chi connectivity index (χ1n) is 10.2. The highest BCUT2D eigenvalue weighted by Gasteiger charge is 2.37. The van der Waals surface area contributed by atoms with Crippen molar-refractivity contribution in [3.05, 3.63) is 56.7 Å². The summed E-state index contributed by atoms with van der Waals surface area (Å²) in [6.07, 6.45) is 4.42. The summed E-state index contributed by atoms with van der Waals surface area (Å²) >= 11 is 0.771. The van der Waals surface area contributed by atoms with Crippen molar-refractivity contribution in [3.63, 3.8) is 0 Å². The molecule has 0 aliphatic carbocycles. The molecule has 2 aliphatic heterocycles. The molecule has 1 aromatic carbocycles. The fourth-order valence-electron chi connectivity index (χ4n) is 3.76. The van der Waals surface area contributed by atoms with Crippen molar-refractivity contribution in [2.75, 3.05) is 19.6 Å². The third-order valence-corrected chi connectivity index (χ3v) is 6.37. The molecule has 2 aliphatic rings. The van der Waals surface area contributed by atoms with Crippen molar-refractivity contribution < 1.29 is 23.7 Å². The lowest BCUT2D eigenvalue weighted by Crippen LogP contribution is -2.44. The van der Waals surface area contributed by atoms with Crippen LogP contribution in [0.25, 0.3) is 17.4 Å². The highest BCUT2D eigenvalue weighted by molar-refractivity contribution is 8.18. The minimum absolute atomic E-state index is 0.00851. The van der Waals surface area contributed by atoms with Gasteiger partial charge in [-0.3, -0.25) is 29.4 Å². The molecular weight excluding hydrogens is 434 g/mol. The van der Waals surface area contributed by atoms with Gasteiger partial charge in [-0.05, 0) is 61.7 Å². The van der Waals surface area contributed by atoms with E-state index in [-0.39, 0.29) is 23.0 Å². The standard InChI is InChI=1S/C22H21N3O6S/c1-14-11-15(25(29)30)5-7-17(14)18-8-6-16(31-18)12-19-21(27)24(22(28)32-19)13-20(26)23-9-3-2-4-10-23/h5-8,11-12H,2-4,9-10,13H2,1H3/b19-12-. The van der Waals surface area contributed by atoms with Gasteiger partial charge in [0.2, 0.25) is 5.91 Å². The van der Waals surface area contributed by atoms with Gasteiger partial charge in [-0.1, -0.05) is 0 Å². The van der Waals surface area contributed by atoms with E-state index in [0.29, 0.717) is 35.7 Å². The Morgan fingerprint density at radius 1 is 1.19 bits per heavy atom. The predicted octanol–water partition coefficient (Wildman–Crippen LogP) is 4.21. The number of aryl methyl sites for hydroxylation is 1. The summed E-state index contributed by atoms with van der Waals surface area (Å²) in [6.45, 7) is 2.80. The molecule has 0 bridgehead atoms. The summed E-state index contributed by atoms with van der Waals surface area (Å²) in [5.74, 6) is 0.116. The van der Waals surface area contributed by atoms with Crippen LogP contribution in [0.3, 0.4) is 0 Å². The van der Waals surface area contributed by atoms with Gasteiger partial charge in [-0.15, -0.1) is 0 Å². The van der Waals surface area contributed by atoms with Crippen LogP contribution < -0.4 is 0 Å². The normalized spacial score (nSPS) is 18.0. The van der Waals surface area contributed by atoms with Gasteiger partial charge in [0.15, 0.2) is 0 Å². The number of benzene rings is 1. The number of non-ortho nitro benzene ring substituents is 1. The number of piperidine rings is 1. The van der Waals surface area contributed by atoms with Crippen molar-refractivity contribution in [2.45, 2.75) is 26.2 Å². The molecule has 1 aromatic heterocycles. The highest BCUT2D eigenvalue weighted by atomic mass is 32.2. The quantitative estimate of drug-likeness (QED) is 0.377. The maximum atomic E-state index is 12.7. The Morgan fingerprint density at radius 3 is 2.62 bits per heavy atom. The second-order valence-electron chi connectivity index (χ2n) is 7.67. The summed E-state index contributed by atoms with van der Waals surface area (Å²) in [5.41, 5.74) is 1.36. The zero-order valence-electron chi connectivity index (χ0n) is 17.4. The van der Waals surface area contributed by atoms with E-state index in [0.717, 1.165) is 35.9 Å². The van der Waals surface area contributed by atoms with E-state index in [9.17, 15) is 24.5 Å². The number of likely N-dealkylation sites (tertiary alicyclic amines) is 1. The molecule has 2 saturated heterocycles. The average molecular weight is 455 g/mol. The van der Waals surface area contributed by atoms with Gasteiger partial charge in [0.05, 0.1) is 9.83 Å². The Kier molecular flexibility index (Phi) is 6.13. The lowest BCUT2D eigenvalue weighted by atomic mass is 10.1. The highest BCUT2D eigenvalue weighted by Crippen LogP contribution is 2.34. The Hall–Kier alpha value is -3.40. The minimum Gasteiger partial charge on any atom is -0.457 e. The first-order valence-corrected chi connectivity index (χ1v) is 11.0. The van der Waals surface area contributed by atoms with Crippen molar-refractivity contribution in [1.82, 2.24) is 9.80 Å². The maximum absolute atomic E-state index is 12.7. The van der Waals surface area contributed by atoms with E-state index in [1.165, 1.54) is 18.2 Å². The lowest BCUT2D eigenvalue weighted by molar-refractivity contribution is -0.384.